The highest BCUT2D eigenvalue weighted by molar-refractivity contribution is 6.32. The van der Waals surface area contributed by atoms with Crippen LogP contribution in [0.2, 0.25) is 5.02 Å². The lowest BCUT2D eigenvalue weighted by Gasteiger charge is -2.42. The minimum atomic E-state index is -0.686. The summed E-state index contributed by atoms with van der Waals surface area (Å²) in [6.45, 7) is 0. The standard InChI is InChI=1S/C43H26ClNO2/c44-36-20-10-19-35-42(36)47-39-23-11-21-37(41(39)43(35)33-17-7-4-14-29(33)30-15-5-8-18-34(30)43)45(27-12-2-1-3-13-27)28-24-25-32-31-16-6-9-22-38(31)46-40(32)26-28/h1-26H. The number of halogens is 1. The van der Waals surface area contributed by atoms with Gasteiger partial charge in [-0.25, -0.2) is 0 Å². The molecule has 0 bridgehead atoms. The van der Waals surface area contributed by atoms with Crippen molar-refractivity contribution in [2.24, 2.45) is 0 Å². The minimum Gasteiger partial charge on any atom is -0.456 e. The van der Waals surface area contributed by atoms with E-state index in [0.29, 0.717) is 10.8 Å². The van der Waals surface area contributed by atoms with Crippen molar-refractivity contribution in [3.05, 3.63) is 185 Å². The Hall–Kier alpha value is -5.77. The van der Waals surface area contributed by atoms with E-state index in [-0.39, 0.29) is 0 Å². The number of hydrogen-bond acceptors (Lipinski definition) is 3. The normalized spacial score (nSPS) is 13.6. The zero-order valence-electron chi connectivity index (χ0n) is 25.2. The first-order chi connectivity index (χ1) is 23.2. The molecule has 8 aromatic rings. The average Bonchev–Trinajstić information content (AvgIpc) is 3.63. The summed E-state index contributed by atoms with van der Waals surface area (Å²) >= 11 is 6.96. The molecule has 1 aromatic heterocycles. The summed E-state index contributed by atoms with van der Waals surface area (Å²) in [5.41, 5.74) is 11.0. The van der Waals surface area contributed by atoms with Crippen LogP contribution in [0.4, 0.5) is 17.1 Å². The Kier molecular flexibility index (Phi) is 5.55. The zero-order valence-corrected chi connectivity index (χ0v) is 25.9. The number of fused-ring (bicyclic) bond motifs is 12. The molecule has 1 aliphatic heterocycles. The molecule has 2 heterocycles. The second kappa shape index (κ2) is 9.86. The summed E-state index contributed by atoms with van der Waals surface area (Å²) in [7, 11) is 0. The van der Waals surface area contributed by atoms with Gasteiger partial charge < -0.3 is 14.1 Å². The van der Waals surface area contributed by atoms with E-state index in [1.807, 2.05) is 24.3 Å². The fourth-order valence-electron chi connectivity index (χ4n) is 7.97. The fourth-order valence-corrected chi connectivity index (χ4v) is 8.19. The second-order valence-electron chi connectivity index (χ2n) is 12.2. The lowest BCUT2D eigenvalue weighted by atomic mass is 9.65. The van der Waals surface area contributed by atoms with Crippen molar-refractivity contribution in [1.29, 1.82) is 0 Å². The molecule has 0 fully saturated rings. The Balaban J connectivity index is 1.33. The lowest BCUT2D eigenvalue weighted by molar-refractivity contribution is 0.437. The van der Waals surface area contributed by atoms with Crippen LogP contribution in [0.3, 0.4) is 0 Å². The molecule has 1 spiro atoms. The molecular weight excluding hydrogens is 598 g/mol. The van der Waals surface area contributed by atoms with Crippen molar-refractivity contribution >= 4 is 50.6 Å². The maximum atomic E-state index is 6.96. The Morgan fingerprint density at radius 2 is 1.17 bits per heavy atom. The topological polar surface area (TPSA) is 25.6 Å². The van der Waals surface area contributed by atoms with Crippen molar-refractivity contribution in [3.63, 3.8) is 0 Å². The van der Waals surface area contributed by atoms with E-state index in [0.717, 1.165) is 55.9 Å². The third kappa shape index (κ3) is 3.58. The van der Waals surface area contributed by atoms with E-state index in [4.69, 9.17) is 20.8 Å². The van der Waals surface area contributed by atoms with E-state index in [9.17, 15) is 0 Å². The summed E-state index contributed by atoms with van der Waals surface area (Å²) in [5, 5.41) is 2.79. The molecule has 0 atom stereocenters. The molecule has 47 heavy (non-hydrogen) atoms. The smallest absolute Gasteiger partial charge is 0.150 e. The maximum Gasteiger partial charge on any atom is 0.150 e. The Morgan fingerprint density at radius 1 is 0.511 bits per heavy atom. The van der Waals surface area contributed by atoms with Gasteiger partial charge in [0.15, 0.2) is 5.75 Å². The number of ether oxygens (including phenoxy) is 1. The first-order valence-electron chi connectivity index (χ1n) is 15.8. The van der Waals surface area contributed by atoms with Crippen LogP contribution < -0.4 is 9.64 Å². The van der Waals surface area contributed by atoms with E-state index in [2.05, 4.69) is 138 Å². The lowest BCUT2D eigenvalue weighted by Crippen LogP contribution is -2.34. The van der Waals surface area contributed by atoms with Gasteiger partial charge in [0.05, 0.1) is 16.1 Å². The highest BCUT2D eigenvalue weighted by Crippen LogP contribution is 2.65. The fraction of sp³-hybridized carbons (Fsp3) is 0.0233. The SMILES string of the molecule is Clc1cccc2c1Oc1cccc(N(c3ccccc3)c3ccc4c(c3)oc3ccccc34)c1C21c2ccccc2-c2ccccc21. The molecule has 0 unspecified atom stereocenters. The van der Waals surface area contributed by atoms with Gasteiger partial charge in [-0.05, 0) is 70.8 Å². The first kappa shape index (κ1) is 26.4. The third-order valence-corrected chi connectivity index (χ3v) is 10.1. The van der Waals surface area contributed by atoms with Crippen molar-refractivity contribution in [3.8, 4) is 22.6 Å². The molecule has 0 radical (unpaired) electrons. The third-order valence-electron chi connectivity index (χ3n) is 9.79. The summed E-state index contributed by atoms with van der Waals surface area (Å²) in [4.78, 5) is 2.33. The Morgan fingerprint density at radius 3 is 1.98 bits per heavy atom. The summed E-state index contributed by atoms with van der Waals surface area (Å²) < 4.78 is 13.2. The summed E-state index contributed by atoms with van der Waals surface area (Å²) in [6, 6.07) is 55.2. The molecule has 7 aromatic carbocycles. The molecular formula is C43H26ClNO2. The average molecular weight is 624 g/mol. The minimum absolute atomic E-state index is 0.593. The highest BCUT2D eigenvalue weighted by Gasteiger charge is 2.53. The summed E-state index contributed by atoms with van der Waals surface area (Å²) in [6.07, 6.45) is 0. The second-order valence-corrected chi connectivity index (χ2v) is 12.6. The van der Waals surface area contributed by atoms with Crippen LogP contribution in [0.15, 0.2) is 162 Å². The molecule has 0 amide bonds. The zero-order chi connectivity index (χ0) is 31.1. The first-order valence-corrected chi connectivity index (χ1v) is 16.2. The number of benzene rings is 7. The van der Waals surface area contributed by atoms with Crippen LogP contribution in [0, 0.1) is 0 Å². The number of hydrogen-bond donors (Lipinski definition) is 0. The van der Waals surface area contributed by atoms with Crippen molar-refractivity contribution in [2.75, 3.05) is 4.90 Å². The van der Waals surface area contributed by atoms with Gasteiger partial charge in [-0.1, -0.05) is 115 Å². The van der Waals surface area contributed by atoms with Gasteiger partial charge in [0, 0.05) is 39.3 Å². The number of rotatable bonds is 3. The molecule has 10 rings (SSSR count). The Bertz CT molecular complexity index is 2490. The predicted octanol–water partition coefficient (Wildman–Crippen LogP) is 12.2. The molecule has 2 aliphatic rings. The van der Waals surface area contributed by atoms with Gasteiger partial charge >= 0.3 is 0 Å². The van der Waals surface area contributed by atoms with Gasteiger partial charge in [-0.15, -0.1) is 0 Å². The van der Waals surface area contributed by atoms with Crippen molar-refractivity contribution in [1.82, 2.24) is 0 Å². The quantitative estimate of drug-likeness (QED) is 0.196. The highest BCUT2D eigenvalue weighted by atomic mass is 35.5. The molecule has 0 saturated carbocycles. The molecule has 0 saturated heterocycles. The number of furan rings is 1. The van der Waals surface area contributed by atoms with E-state index in [1.165, 1.54) is 22.3 Å². The van der Waals surface area contributed by atoms with Gasteiger partial charge in [-0.2, -0.15) is 0 Å². The largest absolute Gasteiger partial charge is 0.456 e. The van der Waals surface area contributed by atoms with Crippen LogP contribution in [0.1, 0.15) is 22.3 Å². The summed E-state index contributed by atoms with van der Waals surface area (Å²) in [5.74, 6) is 1.47. The van der Waals surface area contributed by atoms with Crippen molar-refractivity contribution < 1.29 is 9.15 Å². The van der Waals surface area contributed by atoms with Gasteiger partial charge in [-0.3, -0.25) is 0 Å². The van der Waals surface area contributed by atoms with Crippen molar-refractivity contribution in [2.45, 2.75) is 5.41 Å². The van der Waals surface area contributed by atoms with Crippen LogP contribution in [0.25, 0.3) is 33.1 Å². The number of nitrogens with zero attached hydrogens (tertiary/aromatic N) is 1. The van der Waals surface area contributed by atoms with E-state index in [1.54, 1.807) is 0 Å². The van der Waals surface area contributed by atoms with Gasteiger partial charge in [0.2, 0.25) is 0 Å². The number of anilines is 3. The predicted molar refractivity (Wildman–Crippen MR) is 191 cm³/mol. The van der Waals surface area contributed by atoms with Gasteiger partial charge in [0.25, 0.3) is 0 Å². The van der Waals surface area contributed by atoms with Crippen LogP contribution in [-0.2, 0) is 5.41 Å². The van der Waals surface area contributed by atoms with E-state index < -0.39 is 5.41 Å². The molecule has 4 heteroatoms. The monoisotopic (exact) mass is 623 g/mol. The number of para-hydroxylation sites is 3. The van der Waals surface area contributed by atoms with Crippen LogP contribution in [-0.4, -0.2) is 0 Å². The van der Waals surface area contributed by atoms with E-state index >= 15 is 0 Å². The Labute approximate surface area is 276 Å². The van der Waals surface area contributed by atoms with Gasteiger partial charge in [0.1, 0.15) is 16.9 Å². The van der Waals surface area contributed by atoms with Crippen LogP contribution >= 0.6 is 11.6 Å². The molecule has 0 N–H and O–H groups in total. The molecule has 3 nitrogen and oxygen atoms in total. The van der Waals surface area contributed by atoms with Crippen LogP contribution in [0.5, 0.6) is 11.5 Å². The molecule has 1 aliphatic carbocycles. The maximum absolute atomic E-state index is 6.96. The molecule has 222 valence electrons.